The molecule has 0 aromatic heterocycles. The van der Waals surface area contributed by atoms with Crippen LogP contribution in [0.4, 0.5) is 0 Å². The highest BCUT2D eigenvalue weighted by Gasteiger charge is 2.28. The van der Waals surface area contributed by atoms with Crippen LogP contribution in [0.15, 0.2) is 18.2 Å². The molecule has 0 spiro atoms. The fraction of sp³-hybridized carbons (Fsp3) is 0.500. The second-order valence-electron chi connectivity index (χ2n) is 4.71. The predicted molar refractivity (Wildman–Crippen MR) is 74.4 cm³/mol. The number of hydrogen-bond acceptors (Lipinski definition) is 2. The maximum Gasteiger partial charge on any atom is 0.211 e. The Bertz CT molecular complexity index is 541. The van der Waals surface area contributed by atoms with E-state index in [-0.39, 0.29) is 6.54 Å². The Morgan fingerprint density at radius 3 is 2.56 bits per heavy atom. The van der Waals surface area contributed by atoms with Crippen LogP contribution >= 0.6 is 23.2 Å². The van der Waals surface area contributed by atoms with Gasteiger partial charge in [-0.1, -0.05) is 35.3 Å². The molecule has 1 fully saturated rings. The SMILES string of the molecule is CS(=O)(=O)N(Cc1cccc(Cl)c1Cl)CC1CC1. The van der Waals surface area contributed by atoms with Crippen LogP contribution in [0.25, 0.3) is 0 Å². The number of rotatable bonds is 5. The summed E-state index contributed by atoms with van der Waals surface area (Å²) in [5, 5.41) is 0.887. The minimum atomic E-state index is -3.22. The minimum absolute atomic E-state index is 0.286. The van der Waals surface area contributed by atoms with Crippen molar-refractivity contribution in [2.75, 3.05) is 12.8 Å². The van der Waals surface area contributed by atoms with Crippen molar-refractivity contribution < 1.29 is 8.42 Å². The Balaban J connectivity index is 2.19. The Hall–Kier alpha value is -0.290. The zero-order chi connectivity index (χ0) is 13.3. The van der Waals surface area contributed by atoms with Crippen molar-refractivity contribution in [2.45, 2.75) is 19.4 Å². The number of sulfonamides is 1. The lowest BCUT2D eigenvalue weighted by atomic mass is 10.2. The highest BCUT2D eigenvalue weighted by Crippen LogP contribution is 2.32. The monoisotopic (exact) mass is 307 g/mol. The second kappa shape index (κ2) is 5.37. The average molecular weight is 308 g/mol. The first-order valence-electron chi connectivity index (χ1n) is 5.76. The normalized spacial score (nSPS) is 16.2. The molecule has 3 nitrogen and oxygen atoms in total. The molecule has 1 aliphatic rings. The smallest absolute Gasteiger partial charge is 0.211 e. The summed E-state index contributed by atoms with van der Waals surface area (Å²) in [5.41, 5.74) is 0.746. The van der Waals surface area contributed by atoms with Crippen LogP contribution in [0, 0.1) is 5.92 Å². The summed E-state index contributed by atoms with van der Waals surface area (Å²) in [6.45, 7) is 0.858. The maximum absolute atomic E-state index is 11.7. The van der Waals surface area contributed by atoms with Gasteiger partial charge in [0.05, 0.1) is 16.3 Å². The summed E-state index contributed by atoms with van der Waals surface area (Å²) >= 11 is 12.0. The summed E-state index contributed by atoms with van der Waals surface area (Å²) in [7, 11) is -3.22. The lowest BCUT2D eigenvalue weighted by Gasteiger charge is -2.20. The van der Waals surface area contributed by atoms with Crippen molar-refractivity contribution in [3.05, 3.63) is 33.8 Å². The van der Waals surface area contributed by atoms with Gasteiger partial charge in [0.1, 0.15) is 0 Å². The predicted octanol–water partition coefficient (Wildman–Crippen LogP) is 3.17. The zero-order valence-electron chi connectivity index (χ0n) is 10.1. The molecule has 0 atom stereocenters. The highest BCUT2D eigenvalue weighted by atomic mass is 35.5. The van der Waals surface area contributed by atoms with Gasteiger partial charge in [-0.15, -0.1) is 0 Å². The van der Waals surface area contributed by atoms with E-state index in [2.05, 4.69) is 0 Å². The van der Waals surface area contributed by atoms with E-state index in [4.69, 9.17) is 23.2 Å². The molecule has 0 aliphatic heterocycles. The lowest BCUT2D eigenvalue weighted by molar-refractivity contribution is 0.394. The average Bonchev–Trinajstić information content (AvgIpc) is 3.06. The van der Waals surface area contributed by atoms with Crippen LogP contribution in [-0.4, -0.2) is 25.5 Å². The molecule has 1 aliphatic carbocycles. The van der Waals surface area contributed by atoms with E-state index in [1.165, 1.54) is 10.6 Å². The van der Waals surface area contributed by atoms with Crippen LogP contribution in [-0.2, 0) is 16.6 Å². The van der Waals surface area contributed by atoms with E-state index < -0.39 is 10.0 Å². The molecule has 0 saturated heterocycles. The van der Waals surface area contributed by atoms with Crippen LogP contribution < -0.4 is 0 Å². The molecular weight excluding hydrogens is 293 g/mol. The standard InChI is InChI=1S/C12H15Cl2NO2S/c1-18(16,17)15(7-9-5-6-9)8-10-3-2-4-11(13)12(10)14/h2-4,9H,5-8H2,1H3. The molecule has 0 heterocycles. The minimum Gasteiger partial charge on any atom is -0.212 e. The molecule has 18 heavy (non-hydrogen) atoms. The summed E-state index contributed by atoms with van der Waals surface area (Å²) in [4.78, 5) is 0. The van der Waals surface area contributed by atoms with E-state index in [0.29, 0.717) is 22.5 Å². The number of nitrogens with zero attached hydrogens (tertiary/aromatic N) is 1. The third-order valence-corrected chi connectivity index (χ3v) is 5.08. The summed E-state index contributed by atoms with van der Waals surface area (Å²) in [6, 6.07) is 5.28. The molecule has 1 aromatic carbocycles. The van der Waals surface area contributed by atoms with Gasteiger partial charge in [-0.05, 0) is 30.4 Å². The summed E-state index contributed by atoms with van der Waals surface area (Å²) < 4.78 is 25.0. The van der Waals surface area contributed by atoms with Gasteiger partial charge in [0.2, 0.25) is 10.0 Å². The third kappa shape index (κ3) is 3.60. The van der Waals surface area contributed by atoms with Crippen LogP contribution in [0.1, 0.15) is 18.4 Å². The van der Waals surface area contributed by atoms with E-state index in [0.717, 1.165) is 18.4 Å². The van der Waals surface area contributed by atoms with E-state index in [1.807, 2.05) is 0 Å². The molecule has 2 rings (SSSR count). The van der Waals surface area contributed by atoms with Gasteiger partial charge in [0.15, 0.2) is 0 Å². The third-order valence-electron chi connectivity index (χ3n) is 3.01. The first kappa shape index (κ1) is 14.1. The summed E-state index contributed by atoms with van der Waals surface area (Å²) in [6.07, 6.45) is 3.44. The molecule has 1 saturated carbocycles. The van der Waals surface area contributed by atoms with Gasteiger partial charge >= 0.3 is 0 Å². The quantitative estimate of drug-likeness (QED) is 0.838. The van der Waals surface area contributed by atoms with Crippen LogP contribution in [0.2, 0.25) is 10.0 Å². The van der Waals surface area contributed by atoms with Crippen LogP contribution in [0.5, 0.6) is 0 Å². The molecule has 0 amide bonds. The molecular formula is C12H15Cl2NO2S. The Morgan fingerprint density at radius 1 is 1.33 bits per heavy atom. The van der Waals surface area contributed by atoms with Gasteiger partial charge in [-0.3, -0.25) is 0 Å². The zero-order valence-corrected chi connectivity index (χ0v) is 12.4. The van der Waals surface area contributed by atoms with Gasteiger partial charge in [-0.2, -0.15) is 4.31 Å². The molecule has 0 bridgehead atoms. The Morgan fingerprint density at radius 2 is 2.00 bits per heavy atom. The van der Waals surface area contributed by atoms with Gasteiger partial charge in [0.25, 0.3) is 0 Å². The van der Waals surface area contributed by atoms with Gasteiger partial charge < -0.3 is 0 Å². The van der Waals surface area contributed by atoms with Crippen molar-refractivity contribution in [1.82, 2.24) is 4.31 Å². The van der Waals surface area contributed by atoms with Gasteiger partial charge in [0, 0.05) is 13.1 Å². The fourth-order valence-corrected chi connectivity index (χ4v) is 3.00. The Kier molecular flexibility index (Phi) is 4.22. The number of hydrogen-bond donors (Lipinski definition) is 0. The van der Waals surface area contributed by atoms with Crippen molar-refractivity contribution in [2.24, 2.45) is 5.92 Å². The second-order valence-corrected chi connectivity index (χ2v) is 7.48. The number of halogens is 2. The van der Waals surface area contributed by atoms with Crippen LogP contribution in [0.3, 0.4) is 0 Å². The lowest BCUT2D eigenvalue weighted by Crippen LogP contribution is -2.31. The summed E-state index contributed by atoms with van der Waals surface area (Å²) in [5.74, 6) is 0.498. The molecule has 1 aromatic rings. The first-order chi connectivity index (χ1) is 8.38. The number of benzene rings is 1. The topological polar surface area (TPSA) is 37.4 Å². The van der Waals surface area contributed by atoms with Crippen molar-refractivity contribution in [3.8, 4) is 0 Å². The van der Waals surface area contributed by atoms with Crippen molar-refractivity contribution in [1.29, 1.82) is 0 Å². The van der Waals surface area contributed by atoms with Gasteiger partial charge in [-0.25, -0.2) is 8.42 Å². The molecule has 100 valence electrons. The first-order valence-corrected chi connectivity index (χ1v) is 8.36. The molecule has 6 heteroatoms. The largest absolute Gasteiger partial charge is 0.212 e. The molecule has 0 unspecified atom stereocenters. The van der Waals surface area contributed by atoms with E-state index in [1.54, 1.807) is 18.2 Å². The van der Waals surface area contributed by atoms with Crippen molar-refractivity contribution in [3.63, 3.8) is 0 Å². The molecule has 0 N–H and O–H groups in total. The maximum atomic E-state index is 11.7. The highest BCUT2D eigenvalue weighted by molar-refractivity contribution is 7.88. The Labute approximate surface area is 118 Å². The van der Waals surface area contributed by atoms with Crippen molar-refractivity contribution >= 4 is 33.2 Å². The fourth-order valence-electron chi connectivity index (χ4n) is 1.77. The van der Waals surface area contributed by atoms with E-state index >= 15 is 0 Å². The molecule has 0 radical (unpaired) electrons. The van der Waals surface area contributed by atoms with E-state index in [9.17, 15) is 8.42 Å².